The molecule has 0 radical (unpaired) electrons. The van der Waals surface area contributed by atoms with Gasteiger partial charge in [0.1, 0.15) is 5.82 Å². The van der Waals surface area contributed by atoms with Gasteiger partial charge in [0, 0.05) is 38.6 Å². The number of halogens is 2. The number of aromatic nitrogens is 3. The van der Waals surface area contributed by atoms with Gasteiger partial charge in [-0.1, -0.05) is 47.5 Å². The average Bonchev–Trinajstić information content (AvgIpc) is 3.02. The summed E-state index contributed by atoms with van der Waals surface area (Å²) < 4.78 is 1.78. The summed E-state index contributed by atoms with van der Waals surface area (Å²) in [7, 11) is 0. The van der Waals surface area contributed by atoms with Crippen molar-refractivity contribution in [3.8, 4) is 11.1 Å². The number of nitrogens with one attached hydrogen (secondary N) is 1. The third-order valence-corrected chi connectivity index (χ3v) is 4.94. The van der Waals surface area contributed by atoms with Crippen LogP contribution in [0.1, 0.15) is 11.3 Å². The highest BCUT2D eigenvalue weighted by molar-refractivity contribution is 6.33. The van der Waals surface area contributed by atoms with Crippen molar-refractivity contribution in [2.24, 2.45) is 0 Å². The maximum atomic E-state index is 6.36. The predicted octanol–water partition coefficient (Wildman–Crippen LogP) is 6.06. The summed E-state index contributed by atoms with van der Waals surface area (Å²) in [5, 5.41) is 9.28. The lowest BCUT2D eigenvalue weighted by atomic mass is 10.1. The van der Waals surface area contributed by atoms with Gasteiger partial charge in [0.15, 0.2) is 5.65 Å². The lowest BCUT2D eigenvalue weighted by Gasteiger charge is -2.11. The molecule has 6 heteroatoms. The first-order valence-corrected chi connectivity index (χ1v) is 8.92. The first-order valence-electron chi connectivity index (χ1n) is 8.16. The zero-order valence-corrected chi connectivity index (χ0v) is 15.8. The van der Waals surface area contributed by atoms with Crippen LogP contribution in [0, 0.1) is 13.8 Å². The first-order chi connectivity index (χ1) is 12.5. The van der Waals surface area contributed by atoms with Gasteiger partial charge in [0.05, 0.1) is 6.20 Å². The Labute approximate surface area is 161 Å². The summed E-state index contributed by atoms with van der Waals surface area (Å²) in [5.74, 6) is 0.811. The first kappa shape index (κ1) is 16.9. The smallest absolute Gasteiger partial charge is 0.165 e. The van der Waals surface area contributed by atoms with E-state index in [9.17, 15) is 0 Å². The molecule has 4 aromatic rings. The molecule has 0 unspecified atom stereocenters. The number of benzene rings is 2. The molecule has 130 valence electrons. The van der Waals surface area contributed by atoms with Gasteiger partial charge in [-0.05, 0) is 37.6 Å². The van der Waals surface area contributed by atoms with E-state index in [-0.39, 0.29) is 0 Å². The fourth-order valence-electron chi connectivity index (χ4n) is 2.86. The minimum atomic E-state index is 0.672. The second kappa shape index (κ2) is 6.63. The van der Waals surface area contributed by atoms with Gasteiger partial charge < -0.3 is 5.32 Å². The molecular weight excluding hydrogens is 367 g/mol. The van der Waals surface area contributed by atoms with Crippen LogP contribution in [0.2, 0.25) is 10.0 Å². The van der Waals surface area contributed by atoms with Gasteiger partial charge in [-0.2, -0.15) is 9.61 Å². The summed E-state index contributed by atoms with van der Waals surface area (Å²) in [6, 6.07) is 15.5. The quantitative estimate of drug-likeness (QED) is 0.467. The SMILES string of the molecule is Cc1cc(Nc2ccc(C)c(Cl)c2)n2ncc(-c3ccccc3Cl)c2n1. The number of hydrogen-bond donors (Lipinski definition) is 1. The van der Waals surface area contributed by atoms with Crippen molar-refractivity contribution in [1.29, 1.82) is 0 Å². The van der Waals surface area contributed by atoms with Crippen molar-refractivity contribution in [3.63, 3.8) is 0 Å². The summed E-state index contributed by atoms with van der Waals surface area (Å²) >= 11 is 12.6. The fraction of sp³-hybridized carbons (Fsp3) is 0.100. The Morgan fingerprint density at radius 2 is 1.73 bits per heavy atom. The topological polar surface area (TPSA) is 42.2 Å². The van der Waals surface area contributed by atoms with E-state index < -0.39 is 0 Å². The normalized spacial score (nSPS) is 11.1. The zero-order chi connectivity index (χ0) is 18.3. The van der Waals surface area contributed by atoms with Crippen LogP contribution < -0.4 is 5.32 Å². The van der Waals surface area contributed by atoms with Gasteiger partial charge >= 0.3 is 0 Å². The molecule has 1 N–H and O–H groups in total. The average molecular weight is 383 g/mol. The Morgan fingerprint density at radius 1 is 0.923 bits per heavy atom. The second-order valence-electron chi connectivity index (χ2n) is 6.15. The van der Waals surface area contributed by atoms with E-state index in [4.69, 9.17) is 23.2 Å². The number of fused-ring (bicyclic) bond motifs is 1. The van der Waals surface area contributed by atoms with Crippen LogP contribution in [-0.4, -0.2) is 14.6 Å². The van der Waals surface area contributed by atoms with E-state index in [2.05, 4.69) is 15.4 Å². The zero-order valence-electron chi connectivity index (χ0n) is 14.3. The lowest BCUT2D eigenvalue weighted by molar-refractivity contribution is 0.938. The number of nitrogens with zero attached hydrogens (tertiary/aromatic N) is 3. The predicted molar refractivity (Wildman–Crippen MR) is 108 cm³/mol. The molecule has 0 aliphatic heterocycles. The molecule has 0 aliphatic carbocycles. The van der Waals surface area contributed by atoms with Crippen molar-refractivity contribution in [2.45, 2.75) is 13.8 Å². The van der Waals surface area contributed by atoms with Crippen molar-refractivity contribution < 1.29 is 0 Å². The molecule has 0 saturated carbocycles. The van der Waals surface area contributed by atoms with E-state index in [1.54, 1.807) is 10.7 Å². The van der Waals surface area contributed by atoms with Gasteiger partial charge in [0.25, 0.3) is 0 Å². The van der Waals surface area contributed by atoms with E-state index >= 15 is 0 Å². The third-order valence-electron chi connectivity index (χ3n) is 4.21. The molecule has 2 aromatic heterocycles. The van der Waals surface area contributed by atoms with Gasteiger partial charge in [-0.15, -0.1) is 0 Å². The third kappa shape index (κ3) is 3.02. The molecule has 0 saturated heterocycles. The number of hydrogen-bond acceptors (Lipinski definition) is 3. The van der Waals surface area contributed by atoms with Crippen LogP contribution in [0.4, 0.5) is 11.5 Å². The van der Waals surface area contributed by atoms with Crippen LogP contribution in [0.5, 0.6) is 0 Å². The number of rotatable bonds is 3. The Balaban J connectivity index is 1.84. The molecule has 0 spiro atoms. The molecule has 4 rings (SSSR count). The fourth-order valence-corrected chi connectivity index (χ4v) is 3.28. The highest BCUT2D eigenvalue weighted by atomic mass is 35.5. The Bertz CT molecular complexity index is 1120. The Kier molecular flexibility index (Phi) is 4.31. The van der Waals surface area contributed by atoms with E-state index in [0.29, 0.717) is 10.0 Å². The molecular formula is C20H16Cl2N4. The molecule has 2 aromatic carbocycles. The van der Waals surface area contributed by atoms with Crippen molar-refractivity contribution in [3.05, 3.63) is 76.0 Å². The summed E-state index contributed by atoms with van der Waals surface area (Å²) in [5.41, 5.74) is 5.36. The Morgan fingerprint density at radius 3 is 2.50 bits per heavy atom. The maximum absolute atomic E-state index is 6.36. The van der Waals surface area contributed by atoms with Crippen LogP contribution in [0.25, 0.3) is 16.8 Å². The van der Waals surface area contributed by atoms with Gasteiger partial charge in [0.2, 0.25) is 0 Å². The maximum Gasteiger partial charge on any atom is 0.165 e. The number of anilines is 2. The van der Waals surface area contributed by atoms with E-state index in [0.717, 1.165) is 39.5 Å². The van der Waals surface area contributed by atoms with Gasteiger partial charge in [-0.3, -0.25) is 0 Å². The van der Waals surface area contributed by atoms with Crippen LogP contribution in [-0.2, 0) is 0 Å². The lowest BCUT2D eigenvalue weighted by Crippen LogP contribution is -2.02. The summed E-state index contributed by atoms with van der Waals surface area (Å²) in [6.45, 7) is 3.93. The van der Waals surface area contributed by atoms with Crippen LogP contribution >= 0.6 is 23.2 Å². The molecule has 0 atom stereocenters. The number of aryl methyl sites for hydroxylation is 2. The minimum Gasteiger partial charge on any atom is -0.340 e. The molecule has 0 amide bonds. The van der Waals surface area contributed by atoms with E-state index in [1.807, 2.05) is 62.4 Å². The van der Waals surface area contributed by atoms with E-state index in [1.165, 1.54) is 0 Å². The van der Waals surface area contributed by atoms with Crippen LogP contribution in [0.3, 0.4) is 0 Å². The highest BCUT2D eigenvalue weighted by Crippen LogP contribution is 2.32. The summed E-state index contributed by atoms with van der Waals surface area (Å²) in [4.78, 5) is 4.66. The largest absolute Gasteiger partial charge is 0.340 e. The minimum absolute atomic E-state index is 0.672. The monoisotopic (exact) mass is 382 g/mol. The molecule has 4 nitrogen and oxygen atoms in total. The molecule has 0 aliphatic rings. The Hall–Kier alpha value is -2.56. The van der Waals surface area contributed by atoms with Gasteiger partial charge in [-0.25, -0.2) is 4.98 Å². The van der Waals surface area contributed by atoms with Crippen molar-refractivity contribution in [1.82, 2.24) is 14.6 Å². The summed E-state index contributed by atoms with van der Waals surface area (Å²) in [6.07, 6.45) is 1.79. The van der Waals surface area contributed by atoms with Crippen LogP contribution in [0.15, 0.2) is 54.7 Å². The standard InChI is InChI=1S/C20H16Cl2N4/c1-12-7-8-14(10-18(12)22)25-19-9-13(2)24-20-16(11-23-26(19)20)15-5-3-4-6-17(15)21/h3-11,25H,1-2H3. The second-order valence-corrected chi connectivity index (χ2v) is 6.96. The van der Waals surface area contributed by atoms with Crippen molar-refractivity contribution >= 4 is 40.4 Å². The molecule has 26 heavy (non-hydrogen) atoms. The molecule has 2 heterocycles. The van der Waals surface area contributed by atoms with Crippen molar-refractivity contribution in [2.75, 3.05) is 5.32 Å². The molecule has 0 bridgehead atoms. The highest BCUT2D eigenvalue weighted by Gasteiger charge is 2.14. The molecule has 0 fully saturated rings.